The summed E-state index contributed by atoms with van der Waals surface area (Å²) in [5.41, 5.74) is 0. The van der Waals surface area contributed by atoms with Gasteiger partial charge < -0.3 is 10.1 Å². The third-order valence-corrected chi connectivity index (χ3v) is 2.10. The van der Waals surface area contributed by atoms with Gasteiger partial charge in [-0.05, 0) is 12.8 Å². The second-order valence-corrected chi connectivity index (χ2v) is 3.51. The predicted molar refractivity (Wildman–Crippen MR) is 69.6 cm³/mol. The zero-order valence-electron chi connectivity index (χ0n) is 11.5. The number of methoxy groups -OCH3 is 1. The molecule has 0 aromatic carbocycles. The van der Waals surface area contributed by atoms with E-state index in [1.165, 1.54) is 19.3 Å². The van der Waals surface area contributed by atoms with Crippen LogP contribution in [-0.4, -0.2) is 26.2 Å². The van der Waals surface area contributed by atoms with Crippen LogP contribution in [0.3, 0.4) is 0 Å². The molecule has 1 N–H and O–H groups in total. The fourth-order valence-corrected chi connectivity index (χ4v) is 1.25. The van der Waals surface area contributed by atoms with Gasteiger partial charge in [-0.15, -0.1) is 0 Å². The molecule has 0 bridgehead atoms. The monoisotopic (exact) mass is 231 g/mol. The van der Waals surface area contributed by atoms with Crippen molar-refractivity contribution < 1.29 is 9.53 Å². The number of ether oxygens (including phenoxy) is 1. The molecule has 0 aromatic rings. The van der Waals surface area contributed by atoms with E-state index in [1.807, 2.05) is 13.8 Å². The highest BCUT2D eigenvalue weighted by atomic mass is 16.5. The molecular formula is C13H29NO2. The second-order valence-electron chi connectivity index (χ2n) is 3.51. The second kappa shape index (κ2) is 16.8. The molecular weight excluding hydrogens is 202 g/mol. The van der Waals surface area contributed by atoms with E-state index in [0.717, 1.165) is 19.4 Å². The topological polar surface area (TPSA) is 38.3 Å². The molecule has 0 fully saturated rings. The molecule has 3 nitrogen and oxygen atoms in total. The highest BCUT2D eigenvalue weighted by molar-refractivity contribution is 5.75. The van der Waals surface area contributed by atoms with Crippen molar-refractivity contribution in [2.45, 2.75) is 59.3 Å². The zero-order chi connectivity index (χ0) is 12.6. The van der Waals surface area contributed by atoms with Crippen LogP contribution in [0.15, 0.2) is 0 Å². The van der Waals surface area contributed by atoms with Gasteiger partial charge in [-0.2, -0.15) is 0 Å². The van der Waals surface area contributed by atoms with Crippen molar-refractivity contribution in [2.75, 3.05) is 20.3 Å². The van der Waals surface area contributed by atoms with Crippen molar-refractivity contribution in [1.29, 1.82) is 0 Å². The van der Waals surface area contributed by atoms with Crippen LogP contribution in [0.1, 0.15) is 59.3 Å². The quantitative estimate of drug-likeness (QED) is 0.619. The first-order valence-electron chi connectivity index (χ1n) is 6.57. The van der Waals surface area contributed by atoms with Crippen LogP contribution < -0.4 is 5.32 Å². The molecule has 98 valence electrons. The summed E-state index contributed by atoms with van der Waals surface area (Å²) in [6.45, 7) is 7.68. The maximum atomic E-state index is 11.2. The molecule has 1 amide bonds. The Kier molecular flexibility index (Phi) is 18.8. The third-order valence-electron chi connectivity index (χ3n) is 2.10. The molecule has 0 spiro atoms. The molecule has 0 heterocycles. The molecule has 0 aliphatic heterocycles. The maximum absolute atomic E-state index is 11.2. The van der Waals surface area contributed by atoms with Gasteiger partial charge in [-0.1, -0.05) is 40.0 Å². The lowest BCUT2D eigenvalue weighted by molar-refractivity contribution is -0.121. The van der Waals surface area contributed by atoms with Crippen molar-refractivity contribution in [1.82, 2.24) is 5.32 Å². The molecule has 0 atom stereocenters. The van der Waals surface area contributed by atoms with E-state index in [9.17, 15) is 4.79 Å². The van der Waals surface area contributed by atoms with Crippen molar-refractivity contribution >= 4 is 5.91 Å². The summed E-state index contributed by atoms with van der Waals surface area (Å²) >= 11 is 0. The van der Waals surface area contributed by atoms with Gasteiger partial charge in [-0.3, -0.25) is 4.79 Å². The minimum Gasteiger partial charge on any atom is -0.385 e. The van der Waals surface area contributed by atoms with Crippen LogP contribution in [-0.2, 0) is 9.53 Å². The number of carbonyl (C=O) groups is 1. The Morgan fingerprint density at radius 3 is 2.38 bits per heavy atom. The van der Waals surface area contributed by atoms with E-state index in [2.05, 4.69) is 12.2 Å². The van der Waals surface area contributed by atoms with E-state index >= 15 is 0 Å². The Morgan fingerprint density at radius 1 is 1.12 bits per heavy atom. The molecule has 0 saturated heterocycles. The van der Waals surface area contributed by atoms with Gasteiger partial charge in [0.05, 0.1) is 0 Å². The average Bonchev–Trinajstić information content (AvgIpc) is 2.32. The van der Waals surface area contributed by atoms with Crippen molar-refractivity contribution in [3.05, 3.63) is 0 Å². The summed E-state index contributed by atoms with van der Waals surface area (Å²) in [5.74, 6) is 0.151. The van der Waals surface area contributed by atoms with E-state index in [1.54, 1.807) is 7.11 Å². The predicted octanol–water partition coefficient (Wildman–Crippen LogP) is 3.14. The van der Waals surface area contributed by atoms with Crippen LogP contribution in [0.25, 0.3) is 0 Å². The molecule has 3 heteroatoms. The molecule has 0 unspecified atom stereocenters. The summed E-state index contributed by atoms with van der Waals surface area (Å²) in [4.78, 5) is 11.2. The first-order chi connectivity index (χ1) is 7.81. The lowest BCUT2D eigenvalue weighted by Crippen LogP contribution is -2.24. The summed E-state index contributed by atoms with van der Waals surface area (Å²) in [7, 11) is 1.66. The van der Waals surface area contributed by atoms with Crippen LogP contribution in [0.4, 0.5) is 0 Å². The van der Waals surface area contributed by atoms with Gasteiger partial charge in [0.2, 0.25) is 5.91 Å². The Labute approximate surface area is 101 Å². The van der Waals surface area contributed by atoms with E-state index in [-0.39, 0.29) is 5.91 Å². The average molecular weight is 231 g/mol. The van der Waals surface area contributed by atoms with Crippen molar-refractivity contribution in [2.24, 2.45) is 0 Å². The minimum atomic E-state index is 0.151. The van der Waals surface area contributed by atoms with Crippen LogP contribution >= 0.6 is 0 Å². The number of rotatable bonds is 9. The molecule has 0 rings (SSSR count). The number of hydrogen-bond acceptors (Lipinski definition) is 2. The maximum Gasteiger partial charge on any atom is 0.220 e. The number of nitrogens with one attached hydrogen (secondary N) is 1. The summed E-state index contributed by atoms with van der Waals surface area (Å²) in [6.07, 6.45) is 6.22. The van der Waals surface area contributed by atoms with Gasteiger partial charge in [-0.25, -0.2) is 0 Å². The number of carbonyl (C=O) groups excluding carboxylic acids is 1. The minimum absolute atomic E-state index is 0.151. The smallest absolute Gasteiger partial charge is 0.220 e. The van der Waals surface area contributed by atoms with Gasteiger partial charge in [0.15, 0.2) is 0 Å². The van der Waals surface area contributed by atoms with E-state index < -0.39 is 0 Å². The van der Waals surface area contributed by atoms with Gasteiger partial charge >= 0.3 is 0 Å². The lowest BCUT2D eigenvalue weighted by atomic mass is 10.2. The first-order valence-corrected chi connectivity index (χ1v) is 6.57. The Balaban J connectivity index is 0. The fourth-order valence-electron chi connectivity index (χ4n) is 1.25. The molecule has 0 aliphatic carbocycles. The highest BCUT2D eigenvalue weighted by Gasteiger charge is 1.99. The summed E-state index contributed by atoms with van der Waals surface area (Å²) in [6, 6.07) is 0. The van der Waals surface area contributed by atoms with Crippen LogP contribution in [0.5, 0.6) is 0 Å². The van der Waals surface area contributed by atoms with Crippen molar-refractivity contribution in [3.63, 3.8) is 0 Å². The van der Waals surface area contributed by atoms with E-state index in [0.29, 0.717) is 13.0 Å². The van der Waals surface area contributed by atoms with E-state index in [4.69, 9.17) is 4.74 Å². The number of hydrogen-bond donors (Lipinski definition) is 1. The summed E-state index contributed by atoms with van der Waals surface area (Å²) < 4.78 is 4.87. The molecule has 0 radical (unpaired) electrons. The Bertz CT molecular complexity index is 138. The molecule has 0 saturated carbocycles. The van der Waals surface area contributed by atoms with Crippen molar-refractivity contribution in [3.8, 4) is 0 Å². The van der Waals surface area contributed by atoms with Crippen LogP contribution in [0.2, 0.25) is 0 Å². The zero-order valence-corrected chi connectivity index (χ0v) is 11.5. The fraction of sp³-hybridized carbons (Fsp3) is 0.923. The van der Waals surface area contributed by atoms with Gasteiger partial charge in [0, 0.05) is 26.7 Å². The Hall–Kier alpha value is -0.570. The standard InChI is InChI=1S/C11H23NO2.C2H6/c1-3-4-5-6-9-12-11(13)8-7-10-14-2;1-2/h3-10H2,1-2H3,(H,12,13);1-2H3. The lowest BCUT2D eigenvalue weighted by Gasteiger charge is -2.04. The highest BCUT2D eigenvalue weighted by Crippen LogP contribution is 1.97. The SMILES string of the molecule is CC.CCCCCCNC(=O)CCCOC. The van der Waals surface area contributed by atoms with Gasteiger partial charge in [0.25, 0.3) is 0 Å². The third kappa shape index (κ3) is 15.9. The molecule has 0 aliphatic rings. The number of amides is 1. The van der Waals surface area contributed by atoms with Gasteiger partial charge in [0.1, 0.15) is 0 Å². The number of unbranched alkanes of at least 4 members (excludes halogenated alkanes) is 3. The largest absolute Gasteiger partial charge is 0.385 e. The normalized spacial score (nSPS) is 9.25. The summed E-state index contributed by atoms with van der Waals surface area (Å²) in [5, 5.41) is 2.91. The molecule has 0 aromatic heterocycles. The Morgan fingerprint density at radius 2 is 1.81 bits per heavy atom. The molecule has 16 heavy (non-hydrogen) atoms. The van der Waals surface area contributed by atoms with Crippen LogP contribution in [0, 0.1) is 0 Å². The first kappa shape index (κ1) is 17.8.